The molecule has 1 aliphatic heterocycles. The van der Waals surface area contributed by atoms with Gasteiger partial charge in [-0.25, -0.2) is 4.79 Å². The summed E-state index contributed by atoms with van der Waals surface area (Å²) < 4.78 is 20.3. The Kier molecular flexibility index (Phi) is 1.81. The highest BCUT2D eigenvalue weighted by molar-refractivity contribution is 7.76. The van der Waals surface area contributed by atoms with Gasteiger partial charge in [0.25, 0.3) is 5.91 Å². The van der Waals surface area contributed by atoms with Crippen LogP contribution in [0.25, 0.3) is 0 Å². The third kappa shape index (κ3) is 1.49. The largest absolute Gasteiger partial charge is 0.347 e. The van der Waals surface area contributed by atoms with E-state index in [1.807, 2.05) is 0 Å². The van der Waals surface area contributed by atoms with Crippen molar-refractivity contribution in [1.82, 2.24) is 5.32 Å². The van der Waals surface area contributed by atoms with Crippen molar-refractivity contribution in [2.45, 2.75) is 0 Å². The molecule has 0 spiro atoms. The number of rotatable bonds is 0. The molecule has 0 saturated heterocycles. The Morgan fingerprint density at radius 2 is 2.00 bits per heavy atom. The van der Waals surface area contributed by atoms with Crippen LogP contribution in [0.2, 0.25) is 0 Å². The number of urea groups is 1. The average molecular weight is 174 g/mol. The third-order valence-electron chi connectivity index (χ3n) is 0.923. The second-order valence-electron chi connectivity index (χ2n) is 1.62. The first kappa shape index (κ1) is 7.61. The van der Waals surface area contributed by atoms with E-state index in [2.05, 4.69) is 4.99 Å². The SMILES string of the molecule is O=C1N=CC(=S(=O)=O)C(=O)N1. The molecule has 0 atom stereocenters. The minimum atomic E-state index is -2.64. The van der Waals surface area contributed by atoms with E-state index in [0.717, 1.165) is 0 Å². The normalized spacial score (nSPS) is 16.5. The first-order valence-corrected chi connectivity index (χ1v) is 3.54. The quantitative estimate of drug-likeness (QED) is 0.445. The van der Waals surface area contributed by atoms with E-state index < -0.39 is 27.1 Å². The summed E-state index contributed by atoms with van der Waals surface area (Å²) >= 11 is 0. The van der Waals surface area contributed by atoms with Gasteiger partial charge in [-0.2, -0.15) is 13.4 Å². The van der Waals surface area contributed by atoms with Gasteiger partial charge in [-0.3, -0.25) is 10.1 Å². The lowest BCUT2D eigenvalue weighted by atomic mass is 10.4. The Bertz CT molecular complexity index is 369. The number of imide groups is 1. The van der Waals surface area contributed by atoms with Gasteiger partial charge in [-0.1, -0.05) is 0 Å². The van der Waals surface area contributed by atoms with Crippen LogP contribution in [0.3, 0.4) is 0 Å². The molecular formula is C4H2N2O4S. The van der Waals surface area contributed by atoms with E-state index in [0.29, 0.717) is 6.21 Å². The van der Waals surface area contributed by atoms with Gasteiger partial charge in [0.1, 0.15) is 0 Å². The lowest BCUT2D eigenvalue weighted by molar-refractivity contribution is -0.113. The van der Waals surface area contributed by atoms with E-state index in [1.54, 1.807) is 5.32 Å². The van der Waals surface area contributed by atoms with Crippen molar-refractivity contribution in [2.24, 2.45) is 4.99 Å². The van der Waals surface area contributed by atoms with Crippen LogP contribution < -0.4 is 5.32 Å². The zero-order valence-electron chi connectivity index (χ0n) is 5.07. The van der Waals surface area contributed by atoms with Gasteiger partial charge in [0.15, 0.2) is 4.86 Å². The van der Waals surface area contributed by atoms with E-state index in [9.17, 15) is 18.0 Å². The van der Waals surface area contributed by atoms with Crippen LogP contribution in [0.5, 0.6) is 0 Å². The number of nitrogens with zero attached hydrogens (tertiary/aromatic N) is 1. The summed E-state index contributed by atoms with van der Waals surface area (Å²) in [6, 6.07) is -0.857. The standard InChI is InChI=1S/C4H2N2O4S/c7-3-2(11(9)10)1-5-4(8)6-3/h1H,(H,6,7,8). The maximum atomic E-state index is 10.6. The first-order chi connectivity index (χ1) is 5.11. The van der Waals surface area contributed by atoms with E-state index >= 15 is 0 Å². The van der Waals surface area contributed by atoms with Gasteiger partial charge in [-0.05, 0) is 0 Å². The minimum absolute atomic E-state index is 0.537. The van der Waals surface area contributed by atoms with Crippen LogP contribution in [0.4, 0.5) is 4.79 Å². The minimum Gasteiger partial charge on any atom is -0.271 e. The molecule has 0 fully saturated rings. The topological polar surface area (TPSA) is 92.7 Å². The Balaban J connectivity index is 3.25. The van der Waals surface area contributed by atoms with Crippen molar-refractivity contribution in [1.29, 1.82) is 0 Å². The fraction of sp³-hybridized carbons (Fsp3) is 0. The number of hydrogen-bond donors (Lipinski definition) is 1. The number of carbonyl (C=O) groups excluding carboxylic acids is 2. The van der Waals surface area contributed by atoms with Crippen molar-refractivity contribution < 1.29 is 18.0 Å². The van der Waals surface area contributed by atoms with E-state index in [4.69, 9.17) is 0 Å². The Morgan fingerprint density at radius 1 is 1.36 bits per heavy atom. The molecule has 7 heteroatoms. The van der Waals surface area contributed by atoms with Crippen LogP contribution in [-0.4, -0.2) is 31.4 Å². The predicted octanol–water partition coefficient (Wildman–Crippen LogP) is -1.64. The zero-order chi connectivity index (χ0) is 8.43. The first-order valence-electron chi connectivity index (χ1n) is 2.47. The van der Waals surface area contributed by atoms with Crippen LogP contribution in [0.15, 0.2) is 4.99 Å². The molecule has 0 aromatic rings. The summed E-state index contributed by atoms with van der Waals surface area (Å²) in [5, 5.41) is 1.70. The third-order valence-corrected chi connectivity index (χ3v) is 1.57. The fourth-order valence-electron chi connectivity index (χ4n) is 0.486. The molecule has 0 aromatic heterocycles. The molecule has 0 bridgehead atoms. The molecule has 3 amide bonds. The zero-order valence-corrected chi connectivity index (χ0v) is 5.88. The van der Waals surface area contributed by atoms with Gasteiger partial charge in [0, 0.05) is 0 Å². The van der Waals surface area contributed by atoms with E-state index in [-0.39, 0.29) is 0 Å². The number of hydrogen-bond acceptors (Lipinski definition) is 4. The molecule has 0 radical (unpaired) electrons. The highest BCUT2D eigenvalue weighted by Crippen LogP contribution is 1.83. The van der Waals surface area contributed by atoms with Crippen LogP contribution in [-0.2, 0) is 15.1 Å². The monoisotopic (exact) mass is 174 g/mol. The van der Waals surface area contributed by atoms with Crippen molar-refractivity contribution in [3.63, 3.8) is 0 Å². The van der Waals surface area contributed by atoms with Crippen molar-refractivity contribution >= 4 is 33.3 Å². The molecule has 0 aliphatic carbocycles. The lowest BCUT2D eigenvalue weighted by Gasteiger charge is -2.01. The second kappa shape index (κ2) is 2.62. The number of nitrogens with one attached hydrogen (secondary N) is 1. The average Bonchev–Trinajstić information content (AvgIpc) is 1.85. The number of amides is 3. The molecule has 1 rings (SSSR count). The molecular weight excluding hydrogens is 172 g/mol. The van der Waals surface area contributed by atoms with Gasteiger partial charge >= 0.3 is 6.03 Å². The van der Waals surface area contributed by atoms with Crippen LogP contribution in [0, 0.1) is 0 Å². The molecule has 0 saturated carbocycles. The maximum Gasteiger partial charge on any atom is 0.347 e. The van der Waals surface area contributed by atoms with Gasteiger partial charge in [0.2, 0.25) is 10.3 Å². The van der Waals surface area contributed by atoms with Crippen molar-refractivity contribution in [3.8, 4) is 0 Å². The highest BCUT2D eigenvalue weighted by atomic mass is 32.2. The van der Waals surface area contributed by atoms with Crippen LogP contribution >= 0.6 is 0 Å². The Hall–Kier alpha value is -1.50. The molecule has 6 nitrogen and oxygen atoms in total. The molecule has 0 unspecified atom stereocenters. The fourth-order valence-corrected chi connectivity index (χ4v) is 0.827. The molecule has 11 heavy (non-hydrogen) atoms. The maximum absolute atomic E-state index is 10.6. The molecule has 0 aromatic carbocycles. The van der Waals surface area contributed by atoms with Gasteiger partial charge in [0.05, 0.1) is 6.21 Å². The van der Waals surface area contributed by atoms with Crippen molar-refractivity contribution in [2.75, 3.05) is 0 Å². The molecule has 1 N–H and O–H groups in total. The second-order valence-corrected chi connectivity index (χ2v) is 2.53. The van der Waals surface area contributed by atoms with Crippen LogP contribution in [0.1, 0.15) is 0 Å². The molecule has 1 heterocycles. The molecule has 58 valence electrons. The van der Waals surface area contributed by atoms with Gasteiger partial charge in [-0.15, -0.1) is 0 Å². The van der Waals surface area contributed by atoms with Gasteiger partial charge < -0.3 is 0 Å². The summed E-state index contributed by atoms with van der Waals surface area (Å²) in [6.45, 7) is 0. The summed E-state index contributed by atoms with van der Waals surface area (Å²) in [6.07, 6.45) is 0.713. The summed E-state index contributed by atoms with van der Waals surface area (Å²) in [7, 11) is -2.64. The molecule has 1 aliphatic rings. The summed E-state index contributed by atoms with van der Waals surface area (Å²) in [4.78, 5) is 23.4. The summed E-state index contributed by atoms with van der Waals surface area (Å²) in [5.74, 6) is -0.946. The highest BCUT2D eigenvalue weighted by Gasteiger charge is 2.18. The number of carbonyl (C=O) groups is 2. The van der Waals surface area contributed by atoms with E-state index in [1.165, 1.54) is 0 Å². The lowest BCUT2D eigenvalue weighted by Crippen LogP contribution is -2.39. The smallest absolute Gasteiger partial charge is 0.271 e. The number of aliphatic imine (C=N–C) groups is 1. The predicted molar refractivity (Wildman–Crippen MR) is 36.0 cm³/mol. The Morgan fingerprint density at radius 3 is 2.45 bits per heavy atom. The Labute approximate surface area is 62.5 Å². The van der Waals surface area contributed by atoms with Crippen molar-refractivity contribution in [3.05, 3.63) is 0 Å². The summed E-state index contributed by atoms with van der Waals surface area (Å²) in [5.41, 5.74) is 0.